The van der Waals surface area contributed by atoms with Crippen LogP contribution in [0.15, 0.2) is 52.4 Å². The first-order chi connectivity index (χ1) is 15.6. The summed E-state index contributed by atoms with van der Waals surface area (Å²) in [5.41, 5.74) is 4.70. The number of anilines is 2. The highest BCUT2D eigenvalue weighted by Gasteiger charge is 2.30. The van der Waals surface area contributed by atoms with Crippen LogP contribution in [0.25, 0.3) is 0 Å². The zero-order valence-corrected chi connectivity index (χ0v) is 18.3. The first kappa shape index (κ1) is 24.0. The maximum Gasteiger partial charge on any atom is 0.416 e. The number of amides is 1. The van der Waals surface area contributed by atoms with Crippen LogP contribution in [0.3, 0.4) is 0 Å². The number of carbonyl (C=O) groups is 1. The van der Waals surface area contributed by atoms with E-state index in [-0.39, 0.29) is 28.0 Å². The molecule has 0 aliphatic rings. The lowest BCUT2D eigenvalue weighted by Gasteiger charge is -2.11. The number of thioether (sulfide) groups is 1. The standard InChI is InChI=1S/C21H19F3N4O4S/c1-31-14-7-6-12(9-15(14)32-2)18(29)26-16-17(25)27-20(28-19(16)30)33-10-11-4-3-5-13(8-11)21(22,23)24/h3-9H,10H2,1-2H3,(H,26,29)(H3,25,27,28,30). The molecule has 1 heterocycles. The highest BCUT2D eigenvalue weighted by atomic mass is 32.2. The highest BCUT2D eigenvalue weighted by molar-refractivity contribution is 7.98. The molecule has 1 aromatic heterocycles. The normalized spacial score (nSPS) is 11.2. The van der Waals surface area contributed by atoms with Crippen molar-refractivity contribution in [1.29, 1.82) is 0 Å². The molecule has 0 atom stereocenters. The summed E-state index contributed by atoms with van der Waals surface area (Å²) in [6.07, 6.45) is -4.45. The van der Waals surface area contributed by atoms with Crippen molar-refractivity contribution in [2.45, 2.75) is 17.1 Å². The number of aromatic nitrogens is 2. The maximum atomic E-state index is 12.9. The number of ether oxygens (including phenoxy) is 2. The molecule has 0 radical (unpaired) electrons. The second-order valence-corrected chi connectivity index (χ2v) is 7.61. The van der Waals surface area contributed by atoms with E-state index in [2.05, 4.69) is 15.3 Å². The third-order valence-corrected chi connectivity index (χ3v) is 5.38. The molecule has 12 heteroatoms. The number of nitrogens with zero attached hydrogens (tertiary/aromatic N) is 1. The predicted molar refractivity (Wildman–Crippen MR) is 118 cm³/mol. The molecule has 3 aromatic rings. The minimum absolute atomic E-state index is 0.0963. The van der Waals surface area contributed by atoms with Gasteiger partial charge < -0.3 is 20.5 Å². The van der Waals surface area contributed by atoms with Crippen LogP contribution in [0.5, 0.6) is 11.5 Å². The Bertz CT molecular complexity index is 1230. The molecule has 0 saturated heterocycles. The molecule has 8 nitrogen and oxygen atoms in total. The Kier molecular flexibility index (Phi) is 7.16. The number of rotatable bonds is 7. The van der Waals surface area contributed by atoms with Crippen LogP contribution in [-0.4, -0.2) is 30.1 Å². The van der Waals surface area contributed by atoms with Gasteiger partial charge in [-0.05, 0) is 29.8 Å². The van der Waals surface area contributed by atoms with Crippen molar-refractivity contribution >= 4 is 29.2 Å². The Morgan fingerprint density at radius 3 is 2.52 bits per heavy atom. The summed E-state index contributed by atoms with van der Waals surface area (Å²) in [6.45, 7) is 0. The first-order valence-electron chi connectivity index (χ1n) is 9.34. The van der Waals surface area contributed by atoms with E-state index >= 15 is 0 Å². The fourth-order valence-corrected chi connectivity index (χ4v) is 3.62. The lowest BCUT2D eigenvalue weighted by Crippen LogP contribution is -2.23. The summed E-state index contributed by atoms with van der Waals surface area (Å²) >= 11 is 0.997. The number of aromatic amines is 1. The average Bonchev–Trinajstić information content (AvgIpc) is 2.79. The first-order valence-corrected chi connectivity index (χ1v) is 10.3. The summed E-state index contributed by atoms with van der Waals surface area (Å²) in [4.78, 5) is 31.5. The van der Waals surface area contributed by atoms with E-state index in [0.29, 0.717) is 17.1 Å². The van der Waals surface area contributed by atoms with Gasteiger partial charge in [-0.15, -0.1) is 0 Å². The SMILES string of the molecule is COc1ccc(C(=O)Nc2c(N)nc(SCc3cccc(C(F)(F)F)c3)[nH]c2=O)cc1OC. The van der Waals surface area contributed by atoms with Gasteiger partial charge in [0.2, 0.25) is 0 Å². The minimum Gasteiger partial charge on any atom is -0.493 e. The summed E-state index contributed by atoms with van der Waals surface area (Å²) in [5, 5.41) is 2.50. The van der Waals surface area contributed by atoms with E-state index < -0.39 is 23.2 Å². The molecule has 0 unspecified atom stereocenters. The molecule has 0 aliphatic heterocycles. The van der Waals surface area contributed by atoms with E-state index in [0.717, 1.165) is 23.9 Å². The number of nitrogen functional groups attached to an aromatic ring is 1. The van der Waals surface area contributed by atoms with Gasteiger partial charge in [-0.3, -0.25) is 14.6 Å². The Labute approximate surface area is 190 Å². The summed E-state index contributed by atoms with van der Waals surface area (Å²) < 4.78 is 48.8. The number of benzene rings is 2. The Morgan fingerprint density at radius 1 is 1.15 bits per heavy atom. The van der Waals surface area contributed by atoms with Crippen molar-refractivity contribution in [3.05, 3.63) is 69.5 Å². The van der Waals surface area contributed by atoms with Crippen LogP contribution in [0.4, 0.5) is 24.7 Å². The number of H-pyrrole nitrogens is 1. The molecular weight excluding hydrogens is 461 g/mol. The number of alkyl halides is 3. The van der Waals surface area contributed by atoms with Crippen molar-refractivity contribution in [3.63, 3.8) is 0 Å². The smallest absolute Gasteiger partial charge is 0.416 e. The van der Waals surface area contributed by atoms with Gasteiger partial charge in [0.1, 0.15) is 5.69 Å². The van der Waals surface area contributed by atoms with Gasteiger partial charge in [0.15, 0.2) is 22.5 Å². The van der Waals surface area contributed by atoms with Gasteiger partial charge in [0.05, 0.1) is 19.8 Å². The summed E-state index contributed by atoms with van der Waals surface area (Å²) in [7, 11) is 2.87. The maximum absolute atomic E-state index is 12.9. The van der Waals surface area contributed by atoms with E-state index in [1.165, 1.54) is 44.6 Å². The number of methoxy groups -OCH3 is 2. The highest BCUT2D eigenvalue weighted by Crippen LogP contribution is 2.31. The molecule has 174 valence electrons. The van der Waals surface area contributed by atoms with E-state index in [1.54, 1.807) is 0 Å². The molecule has 0 saturated carbocycles. The van der Waals surface area contributed by atoms with Crippen molar-refractivity contribution < 1.29 is 27.4 Å². The van der Waals surface area contributed by atoms with Crippen molar-refractivity contribution in [3.8, 4) is 11.5 Å². The number of carbonyl (C=O) groups excluding carboxylic acids is 1. The third-order valence-electron chi connectivity index (χ3n) is 4.44. The predicted octanol–water partition coefficient (Wildman–Crippen LogP) is 3.93. The van der Waals surface area contributed by atoms with Crippen molar-refractivity contribution in [1.82, 2.24) is 9.97 Å². The quantitative estimate of drug-likeness (QED) is 0.346. The molecule has 2 aromatic carbocycles. The fraction of sp³-hybridized carbons (Fsp3) is 0.190. The van der Waals surface area contributed by atoms with Crippen molar-refractivity contribution in [2.75, 3.05) is 25.3 Å². The van der Waals surface area contributed by atoms with Gasteiger partial charge >= 0.3 is 6.18 Å². The van der Waals surface area contributed by atoms with Gasteiger partial charge in [-0.2, -0.15) is 13.2 Å². The van der Waals surface area contributed by atoms with Gasteiger partial charge in [-0.1, -0.05) is 30.0 Å². The van der Waals surface area contributed by atoms with Gasteiger partial charge in [0.25, 0.3) is 11.5 Å². The molecule has 33 heavy (non-hydrogen) atoms. The lowest BCUT2D eigenvalue weighted by atomic mass is 10.1. The number of hydrogen-bond acceptors (Lipinski definition) is 7. The zero-order chi connectivity index (χ0) is 24.2. The van der Waals surface area contributed by atoms with Crippen LogP contribution in [0, 0.1) is 0 Å². The molecule has 0 spiro atoms. The number of nitrogens with one attached hydrogen (secondary N) is 2. The molecule has 4 N–H and O–H groups in total. The third kappa shape index (κ3) is 5.77. The van der Waals surface area contributed by atoms with Crippen LogP contribution < -0.4 is 26.1 Å². The monoisotopic (exact) mass is 480 g/mol. The second kappa shape index (κ2) is 9.86. The summed E-state index contributed by atoms with van der Waals surface area (Å²) in [6, 6.07) is 9.28. The number of hydrogen-bond donors (Lipinski definition) is 3. The van der Waals surface area contributed by atoms with E-state index in [1.807, 2.05) is 0 Å². The number of nitrogens with two attached hydrogens (primary N) is 1. The molecule has 0 fully saturated rings. The Hall–Kier alpha value is -3.67. The molecule has 3 rings (SSSR count). The average molecular weight is 480 g/mol. The molecule has 0 aliphatic carbocycles. The summed E-state index contributed by atoms with van der Waals surface area (Å²) in [5.74, 6) is 0.00377. The second-order valence-electron chi connectivity index (χ2n) is 6.64. The molecule has 0 bridgehead atoms. The fourth-order valence-electron chi connectivity index (χ4n) is 2.81. The van der Waals surface area contributed by atoms with Crippen LogP contribution in [0.2, 0.25) is 0 Å². The van der Waals surface area contributed by atoms with E-state index in [4.69, 9.17) is 15.2 Å². The lowest BCUT2D eigenvalue weighted by molar-refractivity contribution is -0.137. The van der Waals surface area contributed by atoms with Gasteiger partial charge in [-0.25, -0.2) is 4.98 Å². The van der Waals surface area contributed by atoms with Crippen LogP contribution in [0.1, 0.15) is 21.5 Å². The van der Waals surface area contributed by atoms with Gasteiger partial charge in [0, 0.05) is 11.3 Å². The van der Waals surface area contributed by atoms with Crippen molar-refractivity contribution in [2.24, 2.45) is 0 Å². The topological polar surface area (TPSA) is 119 Å². The largest absolute Gasteiger partial charge is 0.493 e. The molecular formula is C21H19F3N4O4S. The minimum atomic E-state index is -4.45. The molecule has 1 amide bonds. The number of halogens is 3. The Balaban J connectivity index is 1.74. The Morgan fingerprint density at radius 2 is 1.88 bits per heavy atom. The van der Waals surface area contributed by atoms with Crippen LogP contribution in [-0.2, 0) is 11.9 Å². The van der Waals surface area contributed by atoms with E-state index in [9.17, 15) is 22.8 Å². The zero-order valence-electron chi connectivity index (χ0n) is 17.4. The van der Waals surface area contributed by atoms with Crippen LogP contribution >= 0.6 is 11.8 Å².